The third-order valence-corrected chi connectivity index (χ3v) is 5.03. The third-order valence-electron chi connectivity index (χ3n) is 5.03. The van der Waals surface area contributed by atoms with Crippen molar-refractivity contribution >= 4 is 17.6 Å². The molecule has 2 bridgehead atoms. The number of nitrogens with zero attached hydrogens (tertiary/aromatic N) is 1. The molecule has 4 atom stereocenters. The lowest BCUT2D eigenvalue weighted by Gasteiger charge is -2.30. The molecule has 2 fully saturated rings. The zero-order valence-electron chi connectivity index (χ0n) is 11.5. The first-order chi connectivity index (χ1) is 9.99. The monoisotopic (exact) mass is 285 g/mol. The topological polar surface area (TPSA) is 66.8 Å². The molecular weight excluding hydrogens is 270 g/mol. The van der Waals surface area contributed by atoms with E-state index in [1.54, 1.807) is 17.9 Å². The van der Waals surface area contributed by atoms with Gasteiger partial charge < -0.3 is 14.7 Å². The molecule has 3 aliphatic rings. The number of aliphatic carboxylic acids is 1. The first kappa shape index (κ1) is 12.6. The summed E-state index contributed by atoms with van der Waals surface area (Å²) < 4.78 is 5.93. The van der Waals surface area contributed by atoms with Gasteiger partial charge in [-0.15, -0.1) is 0 Å². The SMILES string of the molecule is CC1(C(=O)O)C2C(=O)N(c3ccccc3)C[C@]23C=C[C@H]1O3. The zero-order chi connectivity index (χ0) is 14.8. The van der Waals surface area contributed by atoms with Crippen LogP contribution in [0, 0.1) is 11.3 Å². The van der Waals surface area contributed by atoms with Crippen molar-refractivity contribution in [1.29, 1.82) is 0 Å². The summed E-state index contributed by atoms with van der Waals surface area (Å²) >= 11 is 0. The number of fused-ring (bicyclic) bond motifs is 1. The van der Waals surface area contributed by atoms with Crippen molar-refractivity contribution in [2.24, 2.45) is 11.3 Å². The maximum Gasteiger partial charge on any atom is 0.313 e. The molecule has 1 aromatic carbocycles. The molecule has 5 heteroatoms. The van der Waals surface area contributed by atoms with Crippen LogP contribution >= 0.6 is 0 Å². The van der Waals surface area contributed by atoms with Crippen molar-refractivity contribution < 1.29 is 19.4 Å². The molecule has 2 saturated heterocycles. The molecule has 3 aliphatic heterocycles. The number of anilines is 1. The fourth-order valence-electron chi connectivity index (χ4n) is 3.92. The molecule has 1 spiro atoms. The summed E-state index contributed by atoms with van der Waals surface area (Å²) in [7, 11) is 0. The molecule has 1 amide bonds. The summed E-state index contributed by atoms with van der Waals surface area (Å²) in [6.07, 6.45) is 3.13. The molecule has 0 saturated carbocycles. The van der Waals surface area contributed by atoms with E-state index in [-0.39, 0.29) is 5.91 Å². The predicted octanol–water partition coefficient (Wildman–Crippen LogP) is 1.45. The Morgan fingerprint density at radius 3 is 2.76 bits per heavy atom. The first-order valence-corrected chi connectivity index (χ1v) is 6.96. The summed E-state index contributed by atoms with van der Waals surface area (Å²) in [5.41, 5.74) is -1.22. The number of hydrogen-bond acceptors (Lipinski definition) is 3. The van der Waals surface area contributed by atoms with E-state index >= 15 is 0 Å². The lowest BCUT2D eigenvalue weighted by atomic mass is 9.66. The minimum atomic E-state index is -1.20. The Labute approximate surface area is 121 Å². The van der Waals surface area contributed by atoms with Gasteiger partial charge in [-0.05, 0) is 19.1 Å². The standard InChI is InChI=1S/C16H15NO4/c1-15(14(19)20)11-7-8-16(21-11)9-17(13(18)12(15)16)10-5-3-2-4-6-10/h2-8,11-12H,9H2,1H3,(H,19,20)/t11-,12?,15?,16-/m1/s1. The quantitative estimate of drug-likeness (QED) is 0.835. The number of rotatable bonds is 2. The number of carbonyl (C=O) groups excluding carboxylic acids is 1. The van der Waals surface area contributed by atoms with Crippen LogP contribution in [-0.4, -0.2) is 35.2 Å². The van der Waals surface area contributed by atoms with Crippen LogP contribution in [0.5, 0.6) is 0 Å². The normalized spacial score (nSPS) is 39.9. The Morgan fingerprint density at radius 1 is 1.38 bits per heavy atom. The number of ether oxygens (including phenoxy) is 1. The van der Waals surface area contributed by atoms with Crippen LogP contribution in [0.3, 0.4) is 0 Å². The lowest BCUT2D eigenvalue weighted by molar-refractivity contribution is -0.154. The number of hydrogen-bond donors (Lipinski definition) is 1. The zero-order valence-corrected chi connectivity index (χ0v) is 11.5. The number of carboxylic acids is 1. The largest absolute Gasteiger partial charge is 0.481 e. The molecule has 21 heavy (non-hydrogen) atoms. The van der Waals surface area contributed by atoms with Gasteiger partial charge in [-0.2, -0.15) is 0 Å². The van der Waals surface area contributed by atoms with Crippen LogP contribution in [0.1, 0.15) is 6.92 Å². The minimum Gasteiger partial charge on any atom is -0.481 e. The van der Waals surface area contributed by atoms with Gasteiger partial charge in [0, 0.05) is 5.69 Å². The van der Waals surface area contributed by atoms with Crippen LogP contribution < -0.4 is 4.90 Å². The number of benzene rings is 1. The van der Waals surface area contributed by atoms with E-state index in [1.807, 2.05) is 36.4 Å². The second-order valence-electron chi connectivity index (χ2n) is 6.13. The Kier molecular flexibility index (Phi) is 2.24. The van der Waals surface area contributed by atoms with Gasteiger partial charge in [0.05, 0.1) is 18.6 Å². The van der Waals surface area contributed by atoms with Crippen molar-refractivity contribution in [3.8, 4) is 0 Å². The van der Waals surface area contributed by atoms with Gasteiger partial charge in [0.15, 0.2) is 0 Å². The van der Waals surface area contributed by atoms with Gasteiger partial charge in [0.25, 0.3) is 0 Å². The lowest BCUT2D eigenvalue weighted by Crippen LogP contribution is -2.47. The second-order valence-corrected chi connectivity index (χ2v) is 6.13. The van der Waals surface area contributed by atoms with Crippen molar-refractivity contribution in [2.75, 3.05) is 11.4 Å². The van der Waals surface area contributed by atoms with E-state index in [0.717, 1.165) is 5.69 Å². The number of amides is 1. The summed E-state index contributed by atoms with van der Waals surface area (Å²) in [5, 5.41) is 9.63. The highest BCUT2D eigenvalue weighted by Crippen LogP contribution is 2.58. The highest BCUT2D eigenvalue weighted by molar-refractivity contribution is 6.03. The van der Waals surface area contributed by atoms with Crippen molar-refractivity contribution in [3.05, 3.63) is 42.5 Å². The van der Waals surface area contributed by atoms with Crippen molar-refractivity contribution in [3.63, 3.8) is 0 Å². The summed E-state index contributed by atoms with van der Waals surface area (Å²) in [4.78, 5) is 26.2. The second kappa shape index (κ2) is 3.74. The van der Waals surface area contributed by atoms with E-state index in [4.69, 9.17) is 4.74 Å². The Balaban J connectivity index is 1.81. The Bertz CT molecular complexity index is 670. The predicted molar refractivity (Wildman–Crippen MR) is 74.8 cm³/mol. The summed E-state index contributed by atoms with van der Waals surface area (Å²) in [6.45, 7) is 1.98. The molecule has 4 rings (SSSR count). The van der Waals surface area contributed by atoms with Crippen LogP contribution in [0.25, 0.3) is 0 Å². The smallest absolute Gasteiger partial charge is 0.313 e. The maximum atomic E-state index is 12.8. The fourth-order valence-corrected chi connectivity index (χ4v) is 3.92. The number of carboxylic acid groups (broad SMARTS) is 1. The summed E-state index contributed by atoms with van der Waals surface area (Å²) in [6, 6.07) is 9.30. The number of para-hydroxylation sites is 1. The van der Waals surface area contributed by atoms with Crippen LogP contribution in [0.4, 0.5) is 5.69 Å². The molecule has 0 radical (unpaired) electrons. The molecule has 108 valence electrons. The molecule has 1 aromatic rings. The van der Waals surface area contributed by atoms with Gasteiger partial charge in [-0.25, -0.2) is 0 Å². The highest BCUT2D eigenvalue weighted by Gasteiger charge is 2.73. The van der Waals surface area contributed by atoms with Crippen molar-refractivity contribution in [1.82, 2.24) is 0 Å². The fraction of sp³-hybridized carbons (Fsp3) is 0.375. The first-order valence-electron chi connectivity index (χ1n) is 6.96. The highest BCUT2D eigenvalue weighted by atomic mass is 16.5. The minimum absolute atomic E-state index is 0.169. The molecule has 1 N–H and O–H groups in total. The number of carbonyl (C=O) groups is 2. The van der Waals surface area contributed by atoms with Crippen LogP contribution in [0.2, 0.25) is 0 Å². The van der Waals surface area contributed by atoms with Gasteiger partial charge in [-0.1, -0.05) is 30.4 Å². The molecule has 3 heterocycles. The van der Waals surface area contributed by atoms with Crippen molar-refractivity contribution in [2.45, 2.75) is 18.6 Å². The average molecular weight is 285 g/mol. The molecule has 0 aromatic heterocycles. The van der Waals surface area contributed by atoms with E-state index < -0.39 is 29.0 Å². The summed E-state index contributed by atoms with van der Waals surface area (Å²) in [5.74, 6) is -1.82. The average Bonchev–Trinajstić information content (AvgIpc) is 3.09. The maximum absolute atomic E-state index is 12.8. The van der Waals surface area contributed by atoms with E-state index in [9.17, 15) is 14.7 Å². The Morgan fingerprint density at radius 2 is 2.10 bits per heavy atom. The van der Waals surface area contributed by atoms with E-state index in [1.165, 1.54) is 0 Å². The third kappa shape index (κ3) is 1.34. The molecular formula is C16H15NO4. The van der Waals surface area contributed by atoms with Gasteiger partial charge in [0.2, 0.25) is 5.91 Å². The van der Waals surface area contributed by atoms with Gasteiger partial charge in [-0.3, -0.25) is 9.59 Å². The van der Waals surface area contributed by atoms with Gasteiger partial charge >= 0.3 is 5.97 Å². The molecule has 2 unspecified atom stereocenters. The Hall–Kier alpha value is -2.14. The van der Waals surface area contributed by atoms with Crippen LogP contribution in [0.15, 0.2) is 42.5 Å². The van der Waals surface area contributed by atoms with Crippen LogP contribution in [-0.2, 0) is 14.3 Å². The van der Waals surface area contributed by atoms with E-state index in [0.29, 0.717) is 6.54 Å². The van der Waals surface area contributed by atoms with Gasteiger partial charge in [0.1, 0.15) is 11.0 Å². The van der Waals surface area contributed by atoms with E-state index in [2.05, 4.69) is 0 Å². The molecule has 0 aliphatic carbocycles. The molecule has 5 nitrogen and oxygen atoms in total.